The molecule has 2 aliphatic heterocycles. The number of hydrogen-bond donors (Lipinski definition) is 3. The van der Waals surface area contributed by atoms with Gasteiger partial charge in [0.15, 0.2) is 5.75 Å². The highest BCUT2D eigenvalue weighted by Gasteiger charge is 2.39. The van der Waals surface area contributed by atoms with Crippen LogP contribution in [0.2, 0.25) is 0 Å². The lowest BCUT2D eigenvalue weighted by Crippen LogP contribution is -2.42. The van der Waals surface area contributed by atoms with Crippen LogP contribution in [0.3, 0.4) is 0 Å². The zero-order chi connectivity index (χ0) is 19.7. The first kappa shape index (κ1) is 18.8. The Kier molecular flexibility index (Phi) is 4.99. The lowest BCUT2D eigenvalue weighted by molar-refractivity contribution is 0.0931. The van der Waals surface area contributed by atoms with Crippen LogP contribution in [0.25, 0.3) is 0 Å². The molecule has 2 aromatic carbocycles. The van der Waals surface area contributed by atoms with Gasteiger partial charge in [-0.3, -0.25) is 9.52 Å². The summed E-state index contributed by atoms with van der Waals surface area (Å²) in [6.45, 7) is 0. The minimum atomic E-state index is -3.41. The van der Waals surface area contributed by atoms with E-state index in [-0.39, 0.29) is 11.9 Å². The lowest BCUT2D eigenvalue weighted by atomic mass is 9.95. The number of nitrogens with one attached hydrogen (secondary N) is 3. The molecule has 2 bridgehead atoms. The number of para-hydroxylation sites is 2. The van der Waals surface area contributed by atoms with Gasteiger partial charge in [0.1, 0.15) is 5.75 Å². The van der Waals surface area contributed by atoms with Crippen molar-refractivity contribution in [1.29, 1.82) is 0 Å². The maximum absolute atomic E-state index is 12.5. The number of anilines is 1. The summed E-state index contributed by atoms with van der Waals surface area (Å²) in [5.41, 5.74) is 0.924. The number of benzene rings is 2. The Bertz CT molecular complexity index is 975. The van der Waals surface area contributed by atoms with Gasteiger partial charge in [-0.05, 0) is 55.7 Å². The van der Waals surface area contributed by atoms with Crippen LogP contribution >= 0.6 is 0 Å². The van der Waals surface area contributed by atoms with Crippen LogP contribution in [0, 0.1) is 0 Å². The van der Waals surface area contributed by atoms with E-state index in [1.165, 1.54) is 6.42 Å². The van der Waals surface area contributed by atoms with E-state index >= 15 is 0 Å². The summed E-state index contributed by atoms with van der Waals surface area (Å²) in [6, 6.07) is 14.7. The molecule has 7 nitrogen and oxygen atoms in total. The number of carbonyl (C=O) groups excluding carboxylic acids is 1. The van der Waals surface area contributed by atoms with E-state index in [1.807, 2.05) is 0 Å². The Balaban J connectivity index is 1.42. The van der Waals surface area contributed by atoms with Crippen molar-refractivity contribution in [1.82, 2.24) is 10.6 Å². The van der Waals surface area contributed by atoms with Gasteiger partial charge in [-0.1, -0.05) is 12.1 Å². The fourth-order valence-corrected chi connectivity index (χ4v) is 4.44. The van der Waals surface area contributed by atoms with Crippen LogP contribution in [0.15, 0.2) is 48.5 Å². The highest BCUT2D eigenvalue weighted by molar-refractivity contribution is 7.92. The quantitative estimate of drug-likeness (QED) is 0.691. The summed E-state index contributed by atoms with van der Waals surface area (Å²) in [7, 11) is -3.41. The molecule has 148 valence electrons. The second-order valence-electron chi connectivity index (χ2n) is 7.36. The standard InChI is InChI=1S/C20H23N3O4S/c1-28(25,26)23-17-4-2-3-5-19(17)27-15-9-6-13(7-10-15)20(24)22-18-12-14-8-11-16(18)21-14/h2-7,9-10,14,16,18,21,23H,8,11-12H2,1H3,(H,22,24)/t14-,16+,18-/m1/s1. The summed E-state index contributed by atoms with van der Waals surface area (Å²) in [5, 5.41) is 6.62. The molecule has 2 saturated heterocycles. The Labute approximate surface area is 164 Å². The van der Waals surface area contributed by atoms with Gasteiger partial charge in [0.05, 0.1) is 11.9 Å². The van der Waals surface area contributed by atoms with Crippen LogP contribution in [0.5, 0.6) is 11.5 Å². The molecule has 0 unspecified atom stereocenters. The van der Waals surface area contributed by atoms with E-state index in [4.69, 9.17) is 4.74 Å². The van der Waals surface area contributed by atoms with Crippen LogP contribution in [-0.2, 0) is 10.0 Å². The summed E-state index contributed by atoms with van der Waals surface area (Å²) in [4.78, 5) is 12.5. The molecule has 3 atom stereocenters. The average molecular weight is 401 g/mol. The molecular weight excluding hydrogens is 378 g/mol. The van der Waals surface area contributed by atoms with Crippen LogP contribution < -0.4 is 20.1 Å². The topological polar surface area (TPSA) is 96.5 Å². The summed E-state index contributed by atoms with van der Waals surface area (Å²) in [6.07, 6.45) is 4.38. The minimum absolute atomic E-state index is 0.0926. The molecular formula is C20H23N3O4S. The van der Waals surface area contributed by atoms with Gasteiger partial charge in [-0.25, -0.2) is 8.42 Å². The molecule has 0 radical (unpaired) electrons. The monoisotopic (exact) mass is 401 g/mol. The van der Waals surface area contributed by atoms with E-state index < -0.39 is 10.0 Å². The van der Waals surface area contributed by atoms with E-state index in [1.54, 1.807) is 48.5 Å². The second kappa shape index (κ2) is 7.44. The molecule has 2 aliphatic rings. The number of rotatable bonds is 6. The second-order valence-corrected chi connectivity index (χ2v) is 9.11. The third-order valence-electron chi connectivity index (χ3n) is 5.14. The van der Waals surface area contributed by atoms with E-state index in [0.717, 1.165) is 19.1 Å². The third kappa shape index (κ3) is 4.28. The van der Waals surface area contributed by atoms with Crippen LogP contribution in [-0.4, -0.2) is 38.7 Å². The predicted octanol–water partition coefficient (Wildman–Crippen LogP) is 2.47. The molecule has 2 fully saturated rings. The molecule has 28 heavy (non-hydrogen) atoms. The van der Waals surface area contributed by atoms with Crippen molar-refractivity contribution in [2.24, 2.45) is 0 Å². The van der Waals surface area contributed by atoms with Gasteiger partial charge < -0.3 is 15.4 Å². The predicted molar refractivity (Wildman–Crippen MR) is 107 cm³/mol. The number of ether oxygens (including phenoxy) is 1. The van der Waals surface area contributed by atoms with E-state index in [0.29, 0.717) is 34.8 Å². The molecule has 1 amide bonds. The number of fused-ring (bicyclic) bond motifs is 2. The lowest BCUT2D eigenvalue weighted by Gasteiger charge is -2.21. The smallest absolute Gasteiger partial charge is 0.251 e. The normalized spacial score (nSPS) is 23.4. The number of sulfonamides is 1. The first-order valence-corrected chi connectivity index (χ1v) is 11.2. The first-order chi connectivity index (χ1) is 13.4. The molecule has 0 spiro atoms. The highest BCUT2D eigenvalue weighted by Crippen LogP contribution is 2.30. The Hall–Kier alpha value is -2.58. The maximum atomic E-state index is 12.5. The van der Waals surface area contributed by atoms with Crippen molar-refractivity contribution in [3.8, 4) is 11.5 Å². The maximum Gasteiger partial charge on any atom is 0.251 e. The van der Waals surface area contributed by atoms with Crippen molar-refractivity contribution >= 4 is 21.6 Å². The van der Waals surface area contributed by atoms with Crippen LogP contribution in [0.4, 0.5) is 5.69 Å². The van der Waals surface area contributed by atoms with Crippen molar-refractivity contribution in [3.05, 3.63) is 54.1 Å². The minimum Gasteiger partial charge on any atom is -0.455 e. The van der Waals surface area contributed by atoms with Crippen molar-refractivity contribution < 1.29 is 17.9 Å². The molecule has 3 N–H and O–H groups in total. The van der Waals surface area contributed by atoms with Crippen molar-refractivity contribution in [2.45, 2.75) is 37.4 Å². The number of hydrogen-bond acceptors (Lipinski definition) is 5. The van der Waals surface area contributed by atoms with Gasteiger partial charge in [0.25, 0.3) is 5.91 Å². The Morgan fingerprint density at radius 3 is 2.50 bits per heavy atom. The Morgan fingerprint density at radius 1 is 1.11 bits per heavy atom. The molecule has 0 aromatic heterocycles. The van der Waals surface area contributed by atoms with Gasteiger partial charge >= 0.3 is 0 Å². The summed E-state index contributed by atoms with van der Waals surface area (Å²) < 4.78 is 31.2. The molecule has 2 heterocycles. The van der Waals surface area contributed by atoms with E-state index in [9.17, 15) is 13.2 Å². The number of carbonyl (C=O) groups is 1. The fourth-order valence-electron chi connectivity index (χ4n) is 3.88. The fraction of sp³-hybridized carbons (Fsp3) is 0.350. The van der Waals surface area contributed by atoms with Crippen molar-refractivity contribution in [3.63, 3.8) is 0 Å². The van der Waals surface area contributed by atoms with Gasteiger partial charge in [0, 0.05) is 23.7 Å². The summed E-state index contributed by atoms with van der Waals surface area (Å²) >= 11 is 0. The van der Waals surface area contributed by atoms with Crippen LogP contribution in [0.1, 0.15) is 29.6 Å². The third-order valence-corrected chi connectivity index (χ3v) is 5.73. The molecule has 4 rings (SSSR count). The zero-order valence-electron chi connectivity index (χ0n) is 15.5. The largest absolute Gasteiger partial charge is 0.455 e. The summed E-state index contributed by atoms with van der Waals surface area (Å²) in [5.74, 6) is 0.809. The molecule has 8 heteroatoms. The Morgan fingerprint density at radius 2 is 1.86 bits per heavy atom. The molecule has 0 aliphatic carbocycles. The average Bonchev–Trinajstić information content (AvgIpc) is 3.26. The molecule has 2 aromatic rings. The SMILES string of the molecule is CS(=O)(=O)Nc1ccccc1Oc1ccc(C(=O)N[C@@H]2C[C@H]3CC[C@@H]2N3)cc1. The molecule has 0 saturated carbocycles. The van der Waals surface area contributed by atoms with Gasteiger partial charge in [-0.2, -0.15) is 0 Å². The van der Waals surface area contributed by atoms with Gasteiger partial charge in [0.2, 0.25) is 10.0 Å². The first-order valence-electron chi connectivity index (χ1n) is 9.29. The van der Waals surface area contributed by atoms with Gasteiger partial charge in [-0.15, -0.1) is 0 Å². The number of amides is 1. The van der Waals surface area contributed by atoms with E-state index in [2.05, 4.69) is 15.4 Å². The van der Waals surface area contributed by atoms with Crippen molar-refractivity contribution in [2.75, 3.05) is 11.0 Å². The highest BCUT2D eigenvalue weighted by atomic mass is 32.2. The zero-order valence-corrected chi connectivity index (χ0v) is 16.3.